The van der Waals surface area contributed by atoms with E-state index < -0.39 is 90.4 Å². The van der Waals surface area contributed by atoms with E-state index >= 15 is 0 Å². The Bertz CT molecular complexity index is 3970. The molecular formula is C52H33N5. The van der Waals surface area contributed by atoms with Gasteiger partial charge in [0.15, 0.2) is 5.82 Å². The highest BCUT2D eigenvalue weighted by molar-refractivity contribution is 6.10. The molecule has 0 N–H and O–H groups in total. The van der Waals surface area contributed by atoms with Crippen molar-refractivity contribution in [2.24, 2.45) is 0 Å². The van der Waals surface area contributed by atoms with Crippen LogP contribution in [0.4, 0.5) is 0 Å². The predicted molar refractivity (Wildman–Crippen MR) is 234 cm³/mol. The van der Waals surface area contributed by atoms with Crippen molar-refractivity contribution in [3.8, 4) is 67.8 Å². The fraction of sp³-hybridized carbons (Fsp3) is 0.0192. The minimum Gasteiger partial charge on any atom is -0.278 e. The summed E-state index contributed by atoms with van der Waals surface area (Å²) < 4.78 is 137. The van der Waals surface area contributed by atoms with Gasteiger partial charge in [-0.1, -0.05) is 151 Å². The van der Waals surface area contributed by atoms with Gasteiger partial charge in [0.1, 0.15) is 0 Å². The molecule has 1 aliphatic carbocycles. The van der Waals surface area contributed by atoms with Gasteiger partial charge in [0.25, 0.3) is 0 Å². The van der Waals surface area contributed by atoms with Crippen molar-refractivity contribution in [1.29, 1.82) is 0 Å². The van der Waals surface area contributed by atoms with Gasteiger partial charge in [-0.05, 0) is 87.7 Å². The number of aromatic nitrogens is 5. The fourth-order valence-electron chi connectivity index (χ4n) is 8.11. The van der Waals surface area contributed by atoms with E-state index in [0.717, 1.165) is 49.1 Å². The van der Waals surface area contributed by atoms with Gasteiger partial charge >= 0.3 is 0 Å². The normalized spacial score (nSPS) is 15.6. The average Bonchev–Trinajstić information content (AvgIpc) is 3.96. The Hall–Kier alpha value is -7.63. The number of benzene rings is 8. The molecule has 57 heavy (non-hydrogen) atoms. The molecule has 3 aromatic heterocycles. The molecule has 266 valence electrons. The summed E-state index contributed by atoms with van der Waals surface area (Å²) >= 11 is 0. The lowest BCUT2D eigenvalue weighted by atomic mass is 9.80. The second-order valence-corrected chi connectivity index (χ2v) is 13.7. The monoisotopic (exact) mass is 742 g/mol. The van der Waals surface area contributed by atoms with Crippen molar-refractivity contribution in [2.45, 2.75) is 6.92 Å². The first-order valence-corrected chi connectivity index (χ1v) is 18.2. The van der Waals surface area contributed by atoms with Gasteiger partial charge < -0.3 is 0 Å². The molecule has 8 aromatic carbocycles. The zero-order valence-corrected chi connectivity index (χ0v) is 29.9. The summed E-state index contributed by atoms with van der Waals surface area (Å²) in [5.41, 5.74) is 6.77. The SMILES string of the molecule is [2H]c1c([2H])c([2H])c2c(c1[2H])c1c([2H])c([2H])c([2H])c([2H])c1n2-c1nc(-c2ccc3c(c2)-c2ccccc2-c2ccccc2-c2ccccc2-3)nc(-n2c3c([2H])c([2H])c([2H])c([2H])c3c3c([2H])c(C)c([2H])c([2H])c32)n1. The van der Waals surface area contributed by atoms with Crippen LogP contribution in [0.15, 0.2) is 182 Å². The standard InChI is InChI=1S/C52H33N5/c1-32-26-29-49-45(30-32)43-22-10-13-25-48(43)57(49)52-54-50(53-51(55-52)56-46-23-11-8-20-41(46)42-21-9-12-24-47(42)56)33-27-28-40-38-18-5-4-16-36(38)34-14-2-3-15-35(34)37-17-6-7-19-39(37)44(40)31-33/h2-31H,1H3/i8D,9D,10D,11D,12D,13D,20D,21D,22D,23D,24D,25D,26D,29D,30D. The summed E-state index contributed by atoms with van der Waals surface area (Å²) in [6, 6.07) is 21.1. The van der Waals surface area contributed by atoms with Gasteiger partial charge in [0, 0.05) is 27.1 Å². The highest BCUT2D eigenvalue weighted by Crippen LogP contribution is 2.48. The van der Waals surface area contributed by atoms with Crippen LogP contribution >= 0.6 is 0 Å². The van der Waals surface area contributed by atoms with Gasteiger partial charge in [0.2, 0.25) is 11.9 Å². The number of hydrogen-bond acceptors (Lipinski definition) is 3. The maximum absolute atomic E-state index is 9.38. The van der Waals surface area contributed by atoms with Gasteiger partial charge in [-0.25, -0.2) is 0 Å². The molecule has 3 heterocycles. The van der Waals surface area contributed by atoms with Crippen molar-refractivity contribution < 1.29 is 20.6 Å². The zero-order chi connectivity index (χ0) is 50.7. The fourth-order valence-corrected chi connectivity index (χ4v) is 8.11. The summed E-state index contributed by atoms with van der Waals surface area (Å²) in [4.78, 5) is 14.9. The number of rotatable bonds is 3. The Kier molecular flexibility index (Phi) is 4.35. The van der Waals surface area contributed by atoms with Gasteiger partial charge in [-0.3, -0.25) is 9.13 Å². The van der Waals surface area contributed by atoms with E-state index in [1.807, 2.05) is 66.7 Å². The second-order valence-electron chi connectivity index (χ2n) is 13.7. The van der Waals surface area contributed by atoms with Crippen LogP contribution in [0.5, 0.6) is 0 Å². The lowest BCUT2D eigenvalue weighted by Crippen LogP contribution is -2.10. The van der Waals surface area contributed by atoms with Crippen molar-refractivity contribution in [3.63, 3.8) is 0 Å². The molecule has 0 atom stereocenters. The van der Waals surface area contributed by atoms with Crippen molar-refractivity contribution >= 4 is 43.6 Å². The third kappa shape index (κ3) is 4.72. The number of para-hydroxylation sites is 3. The molecule has 11 aromatic rings. The summed E-state index contributed by atoms with van der Waals surface area (Å²) in [7, 11) is 0. The summed E-state index contributed by atoms with van der Waals surface area (Å²) in [5.74, 6) is -0.934. The Balaban J connectivity index is 1.28. The topological polar surface area (TPSA) is 48.5 Å². The molecule has 0 bridgehead atoms. The third-order valence-corrected chi connectivity index (χ3v) is 10.5. The largest absolute Gasteiger partial charge is 0.278 e. The first-order chi connectivity index (χ1) is 34.4. The molecular weight excluding hydrogens is 695 g/mol. The Morgan fingerprint density at radius 3 is 1.30 bits per heavy atom. The highest BCUT2D eigenvalue weighted by atomic mass is 15.3. The summed E-state index contributed by atoms with van der Waals surface area (Å²) in [6.07, 6.45) is 0. The van der Waals surface area contributed by atoms with Crippen LogP contribution in [-0.2, 0) is 0 Å². The van der Waals surface area contributed by atoms with Crippen LogP contribution in [0.25, 0.3) is 111 Å². The van der Waals surface area contributed by atoms with Crippen LogP contribution in [0.3, 0.4) is 0 Å². The van der Waals surface area contributed by atoms with Crippen LogP contribution < -0.4 is 0 Å². The maximum atomic E-state index is 9.38. The average molecular weight is 743 g/mol. The molecule has 0 aliphatic heterocycles. The second kappa shape index (κ2) is 12.2. The molecule has 5 nitrogen and oxygen atoms in total. The van der Waals surface area contributed by atoms with Gasteiger partial charge in [-0.15, -0.1) is 0 Å². The first kappa shape index (κ1) is 20.3. The van der Waals surface area contributed by atoms with Crippen molar-refractivity contribution in [1.82, 2.24) is 24.1 Å². The molecule has 0 spiro atoms. The highest BCUT2D eigenvalue weighted by Gasteiger charge is 2.24. The first-order valence-electron chi connectivity index (χ1n) is 25.7. The molecule has 0 unspecified atom stereocenters. The van der Waals surface area contributed by atoms with E-state index in [-0.39, 0.29) is 67.1 Å². The molecule has 5 heteroatoms. The molecule has 0 saturated heterocycles. The molecule has 0 amide bonds. The van der Waals surface area contributed by atoms with E-state index in [2.05, 4.69) is 18.2 Å². The van der Waals surface area contributed by atoms with E-state index in [1.54, 1.807) is 6.07 Å². The smallest absolute Gasteiger partial charge is 0.240 e. The van der Waals surface area contributed by atoms with E-state index in [4.69, 9.17) is 28.7 Å². The summed E-state index contributed by atoms with van der Waals surface area (Å²) in [6.45, 7) is 1.47. The van der Waals surface area contributed by atoms with Crippen molar-refractivity contribution in [3.05, 3.63) is 187 Å². The minimum atomic E-state index is -0.679. The predicted octanol–water partition coefficient (Wildman–Crippen LogP) is 13.0. The third-order valence-electron chi connectivity index (χ3n) is 10.5. The maximum Gasteiger partial charge on any atom is 0.240 e. The van der Waals surface area contributed by atoms with E-state index in [0.29, 0.717) is 5.56 Å². The van der Waals surface area contributed by atoms with E-state index in [1.165, 1.54) is 11.5 Å². The Morgan fingerprint density at radius 1 is 0.404 bits per heavy atom. The Labute approximate surface area is 349 Å². The van der Waals surface area contributed by atoms with Crippen molar-refractivity contribution in [2.75, 3.05) is 0 Å². The van der Waals surface area contributed by atoms with Gasteiger partial charge in [-0.2, -0.15) is 15.0 Å². The molecule has 0 fully saturated rings. The lowest BCUT2D eigenvalue weighted by molar-refractivity contribution is 0.893. The molecule has 0 radical (unpaired) electrons. The van der Waals surface area contributed by atoms with Crippen LogP contribution in [0.1, 0.15) is 26.1 Å². The van der Waals surface area contributed by atoms with Crippen LogP contribution in [0, 0.1) is 6.92 Å². The zero-order valence-electron chi connectivity index (χ0n) is 44.9. The minimum absolute atomic E-state index is 0.0734. The molecule has 1 aliphatic rings. The van der Waals surface area contributed by atoms with Crippen LogP contribution in [0.2, 0.25) is 0 Å². The number of hydrogen-bond donors (Lipinski definition) is 0. The molecule has 0 saturated carbocycles. The Morgan fingerprint density at radius 2 is 0.807 bits per heavy atom. The quantitative estimate of drug-likeness (QED) is 0.181. The lowest BCUT2D eigenvalue weighted by Gasteiger charge is -2.23. The van der Waals surface area contributed by atoms with Gasteiger partial charge in [0.05, 0.1) is 42.6 Å². The summed E-state index contributed by atoms with van der Waals surface area (Å²) in [5, 5.41) is -0.694. The van der Waals surface area contributed by atoms with E-state index in [9.17, 15) is 6.85 Å². The number of nitrogens with zero attached hydrogens (tertiary/aromatic N) is 5. The van der Waals surface area contributed by atoms with Crippen LogP contribution in [-0.4, -0.2) is 24.1 Å². The molecule has 12 rings (SSSR count). The number of fused-ring (bicyclic) bond motifs is 14.